The summed E-state index contributed by atoms with van der Waals surface area (Å²) in [4.78, 5) is 13.2. The van der Waals surface area contributed by atoms with Crippen molar-refractivity contribution in [2.45, 2.75) is 25.4 Å². The largest absolute Gasteiger partial charge is 0.401 e. The molecule has 106 valence electrons. The molecule has 18 heavy (non-hydrogen) atoms. The van der Waals surface area contributed by atoms with E-state index in [9.17, 15) is 18.0 Å². The van der Waals surface area contributed by atoms with Crippen molar-refractivity contribution >= 4 is 5.91 Å². The van der Waals surface area contributed by atoms with Gasteiger partial charge in [0.1, 0.15) is 0 Å². The van der Waals surface area contributed by atoms with Gasteiger partial charge in [-0.05, 0) is 25.2 Å². The molecule has 1 saturated heterocycles. The van der Waals surface area contributed by atoms with Crippen LogP contribution in [0.2, 0.25) is 0 Å². The van der Waals surface area contributed by atoms with Crippen molar-refractivity contribution < 1.29 is 23.1 Å². The lowest BCUT2D eigenvalue weighted by molar-refractivity contribution is -0.135. The van der Waals surface area contributed by atoms with E-state index >= 15 is 0 Å². The van der Waals surface area contributed by atoms with Crippen LogP contribution in [0.15, 0.2) is 0 Å². The lowest BCUT2D eigenvalue weighted by Crippen LogP contribution is -2.45. The van der Waals surface area contributed by atoms with E-state index in [-0.39, 0.29) is 25.0 Å². The number of rotatable bonds is 5. The van der Waals surface area contributed by atoms with E-state index in [0.29, 0.717) is 19.5 Å². The summed E-state index contributed by atoms with van der Waals surface area (Å²) < 4.78 is 35.7. The fraction of sp³-hybridized carbons (Fsp3) is 0.909. The van der Waals surface area contributed by atoms with Gasteiger partial charge >= 0.3 is 6.18 Å². The maximum atomic E-state index is 11.9. The quantitative estimate of drug-likeness (QED) is 0.774. The number of hydrogen-bond donors (Lipinski definition) is 2. The monoisotopic (exact) mass is 268 g/mol. The predicted molar refractivity (Wildman–Crippen MR) is 59.9 cm³/mol. The van der Waals surface area contributed by atoms with Crippen LogP contribution in [-0.4, -0.2) is 54.9 Å². The predicted octanol–water partition coefficient (Wildman–Crippen LogP) is 0.759. The number of carbonyl (C=O) groups excluding carboxylic acids is 1. The SMILES string of the molecule is O=C(CNCC(F)(F)F)N1CCCC(CCO)C1. The van der Waals surface area contributed by atoms with Gasteiger partial charge in [-0.2, -0.15) is 13.2 Å². The van der Waals surface area contributed by atoms with Crippen LogP contribution in [0, 0.1) is 5.92 Å². The van der Waals surface area contributed by atoms with Gasteiger partial charge < -0.3 is 15.3 Å². The van der Waals surface area contributed by atoms with E-state index in [1.165, 1.54) is 0 Å². The van der Waals surface area contributed by atoms with Gasteiger partial charge in [-0.15, -0.1) is 0 Å². The summed E-state index contributed by atoms with van der Waals surface area (Å²) in [5.41, 5.74) is 0. The first kappa shape index (κ1) is 15.2. The van der Waals surface area contributed by atoms with E-state index < -0.39 is 12.7 Å². The summed E-state index contributed by atoms with van der Waals surface area (Å²) >= 11 is 0. The molecule has 7 heteroatoms. The number of piperidine rings is 1. The van der Waals surface area contributed by atoms with Crippen molar-refractivity contribution in [1.29, 1.82) is 0 Å². The second-order valence-corrected chi connectivity index (χ2v) is 4.58. The Bertz CT molecular complexity index is 270. The number of aliphatic hydroxyl groups excluding tert-OH is 1. The van der Waals surface area contributed by atoms with Gasteiger partial charge in [-0.1, -0.05) is 0 Å². The van der Waals surface area contributed by atoms with Gasteiger partial charge in [0.15, 0.2) is 0 Å². The second kappa shape index (κ2) is 6.94. The Morgan fingerprint density at radius 1 is 1.44 bits per heavy atom. The first-order valence-corrected chi connectivity index (χ1v) is 6.08. The first-order chi connectivity index (χ1) is 8.42. The van der Waals surface area contributed by atoms with Crippen LogP contribution >= 0.6 is 0 Å². The van der Waals surface area contributed by atoms with Crippen molar-refractivity contribution in [3.05, 3.63) is 0 Å². The average Bonchev–Trinajstić information content (AvgIpc) is 2.28. The topological polar surface area (TPSA) is 52.6 Å². The number of nitrogens with one attached hydrogen (secondary N) is 1. The Balaban J connectivity index is 2.28. The fourth-order valence-electron chi connectivity index (χ4n) is 2.13. The molecule has 2 N–H and O–H groups in total. The zero-order valence-corrected chi connectivity index (χ0v) is 10.2. The van der Waals surface area contributed by atoms with Crippen LogP contribution in [0.3, 0.4) is 0 Å². The number of alkyl halides is 3. The molecule has 0 saturated carbocycles. The lowest BCUT2D eigenvalue weighted by atomic mass is 9.95. The molecule has 1 rings (SSSR count). The van der Waals surface area contributed by atoms with Gasteiger partial charge in [0.25, 0.3) is 0 Å². The smallest absolute Gasteiger partial charge is 0.396 e. The Morgan fingerprint density at radius 3 is 2.78 bits per heavy atom. The van der Waals surface area contributed by atoms with Crippen LogP contribution in [-0.2, 0) is 4.79 Å². The third kappa shape index (κ3) is 5.68. The summed E-state index contributed by atoms with van der Waals surface area (Å²) in [6.45, 7) is -0.224. The number of nitrogens with zero attached hydrogens (tertiary/aromatic N) is 1. The minimum absolute atomic E-state index is 0.0824. The van der Waals surface area contributed by atoms with Crippen LogP contribution in [0.25, 0.3) is 0 Å². The summed E-state index contributed by atoms with van der Waals surface area (Å²) in [6.07, 6.45) is -1.85. The van der Waals surface area contributed by atoms with Crippen LogP contribution in [0.5, 0.6) is 0 Å². The summed E-state index contributed by atoms with van der Waals surface area (Å²) in [5.74, 6) is -0.0443. The maximum absolute atomic E-state index is 11.9. The molecule has 0 aromatic heterocycles. The van der Waals surface area contributed by atoms with Gasteiger partial charge in [-0.25, -0.2) is 0 Å². The van der Waals surface area contributed by atoms with Crippen LogP contribution in [0.1, 0.15) is 19.3 Å². The lowest BCUT2D eigenvalue weighted by Gasteiger charge is -2.32. The van der Waals surface area contributed by atoms with E-state index in [4.69, 9.17) is 5.11 Å². The van der Waals surface area contributed by atoms with Gasteiger partial charge in [0, 0.05) is 19.7 Å². The molecule has 0 aromatic carbocycles. The second-order valence-electron chi connectivity index (χ2n) is 4.58. The van der Waals surface area contributed by atoms with Crippen molar-refractivity contribution in [1.82, 2.24) is 10.2 Å². The number of carbonyl (C=O) groups is 1. The molecule has 1 aliphatic heterocycles. The number of likely N-dealkylation sites (tertiary alicyclic amines) is 1. The highest BCUT2D eigenvalue weighted by atomic mass is 19.4. The summed E-state index contributed by atoms with van der Waals surface area (Å²) in [6, 6.07) is 0. The van der Waals surface area contributed by atoms with Gasteiger partial charge in [-0.3, -0.25) is 4.79 Å². The highest BCUT2D eigenvalue weighted by Gasteiger charge is 2.28. The molecule has 1 amide bonds. The van der Waals surface area contributed by atoms with Gasteiger partial charge in [0.05, 0.1) is 13.1 Å². The molecule has 1 aliphatic rings. The number of halogens is 3. The Labute approximate surface area is 104 Å². The van der Waals surface area contributed by atoms with E-state index in [1.54, 1.807) is 4.90 Å². The summed E-state index contributed by atoms with van der Waals surface area (Å²) in [5, 5.41) is 10.9. The highest BCUT2D eigenvalue weighted by Crippen LogP contribution is 2.19. The number of aliphatic hydroxyl groups is 1. The fourth-order valence-corrected chi connectivity index (χ4v) is 2.13. The van der Waals surface area contributed by atoms with Crippen molar-refractivity contribution in [2.24, 2.45) is 5.92 Å². The minimum atomic E-state index is -4.29. The standard InChI is InChI=1S/C11H19F3N2O2/c12-11(13,14)8-15-6-10(18)16-4-1-2-9(7-16)3-5-17/h9,15,17H,1-8H2. The van der Waals surface area contributed by atoms with Gasteiger partial charge in [0.2, 0.25) is 5.91 Å². The zero-order valence-electron chi connectivity index (χ0n) is 10.2. The van der Waals surface area contributed by atoms with E-state index in [0.717, 1.165) is 12.8 Å². The molecule has 0 radical (unpaired) electrons. The minimum Gasteiger partial charge on any atom is -0.396 e. The molecule has 1 atom stereocenters. The third-order valence-electron chi connectivity index (χ3n) is 3.01. The average molecular weight is 268 g/mol. The molecule has 1 unspecified atom stereocenters. The molecule has 0 bridgehead atoms. The molecule has 4 nitrogen and oxygen atoms in total. The van der Waals surface area contributed by atoms with E-state index in [2.05, 4.69) is 5.32 Å². The Hall–Kier alpha value is -0.820. The van der Waals surface area contributed by atoms with Crippen molar-refractivity contribution in [2.75, 3.05) is 32.8 Å². The third-order valence-corrected chi connectivity index (χ3v) is 3.01. The van der Waals surface area contributed by atoms with Crippen LogP contribution < -0.4 is 5.32 Å². The maximum Gasteiger partial charge on any atom is 0.401 e. The van der Waals surface area contributed by atoms with Crippen molar-refractivity contribution in [3.63, 3.8) is 0 Å². The molecular weight excluding hydrogens is 249 g/mol. The highest BCUT2D eigenvalue weighted by molar-refractivity contribution is 5.78. The van der Waals surface area contributed by atoms with E-state index in [1.807, 2.05) is 0 Å². The molecule has 0 spiro atoms. The Morgan fingerprint density at radius 2 is 2.17 bits per heavy atom. The molecular formula is C11H19F3N2O2. The number of hydrogen-bond acceptors (Lipinski definition) is 3. The Kier molecular flexibility index (Phi) is 5.87. The molecule has 0 aliphatic carbocycles. The van der Waals surface area contributed by atoms with Crippen molar-refractivity contribution in [3.8, 4) is 0 Å². The summed E-state index contributed by atoms with van der Waals surface area (Å²) in [7, 11) is 0. The molecule has 1 heterocycles. The molecule has 1 fully saturated rings. The first-order valence-electron chi connectivity index (χ1n) is 6.08. The normalized spacial score (nSPS) is 21.1. The number of amides is 1. The van der Waals surface area contributed by atoms with Crippen LogP contribution in [0.4, 0.5) is 13.2 Å². The molecule has 0 aromatic rings. The zero-order chi connectivity index (χ0) is 13.6.